The van der Waals surface area contributed by atoms with Gasteiger partial charge in [0.05, 0.1) is 19.1 Å². The number of halogens is 1. The fourth-order valence-corrected chi connectivity index (χ4v) is 4.20. The highest BCUT2D eigenvalue weighted by Crippen LogP contribution is 2.36. The molecule has 0 aromatic heterocycles. The van der Waals surface area contributed by atoms with Crippen LogP contribution >= 0.6 is 0 Å². The molecule has 2 aromatic carbocycles. The zero-order valence-electron chi connectivity index (χ0n) is 15.8. The molecule has 0 radical (unpaired) electrons. The predicted molar refractivity (Wildman–Crippen MR) is 104 cm³/mol. The van der Waals surface area contributed by atoms with Crippen molar-refractivity contribution >= 4 is 17.5 Å². The molecule has 146 valence electrons. The van der Waals surface area contributed by atoms with Gasteiger partial charge in [-0.15, -0.1) is 0 Å². The Morgan fingerprint density at radius 3 is 2.71 bits per heavy atom. The SMILES string of the molecule is COc1cccc(N2CC(C(=O)N3CCCC3c3ccc(F)cc3)CC2=O)c1. The number of amides is 2. The highest BCUT2D eigenvalue weighted by molar-refractivity contribution is 6.00. The highest BCUT2D eigenvalue weighted by atomic mass is 19.1. The molecule has 2 aliphatic heterocycles. The van der Waals surface area contributed by atoms with Crippen LogP contribution in [0.2, 0.25) is 0 Å². The number of hydrogen-bond donors (Lipinski definition) is 0. The number of nitrogens with zero attached hydrogens (tertiary/aromatic N) is 2. The van der Waals surface area contributed by atoms with Gasteiger partial charge in [-0.3, -0.25) is 9.59 Å². The van der Waals surface area contributed by atoms with Crippen LogP contribution in [0.25, 0.3) is 0 Å². The second-order valence-corrected chi connectivity index (χ2v) is 7.35. The zero-order chi connectivity index (χ0) is 19.7. The zero-order valence-corrected chi connectivity index (χ0v) is 15.8. The molecule has 0 aliphatic carbocycles. The van der Waals surface area contributed by atoms with E-state index in [2.05, 4.69) is 0 Å². The van der Waals surface area contributed by atoms with E-state index >= 15 is 0 Å². The van der Waals surface area contributed by atoms with Gasteiger partial charge in [0.2, 0.25) is 11.8 Å². The van der Waals surface area contributed by atoms with Gasteiger partial charge in [0, 0.05) is 31.3 Å². The second kappa shape index (κ2) is 7.62. The number of rotatable bonds is 4. The first-order valence-electron chi connectivity index (χ1n) is 9.57. The normalized spacial score (nSPS) is 22.0. The number of methoxy groups -OCH3 is 1. The van der Waals surface area contributed by atoms with Crippen molar-refractivity contribution < 1.29 is 18.7 Å². The van der Waals surface area contributed by atoms with Crippen LogP contribution in [-0.4, -0.2) is 36.9 Å². The number of hydrogen-bond acceptors (Lipinski definition) is 3. The van der Waals surface area contributed by atoms with Gasteiger partial charge in [-0.05, 0) is 42.7 Å². The van der Waals surface area contributed by atoms with E-state index in [0.717, 1.165) is 24.1 Å². The third kappa shape index (κ3) is 3.46. The summed E-state index contributed by atoms with van der Waals surface area (Å²) < 4.78 is 18.5. The van der Waals surface area contributed by atoms with Gasteiger partial charge >= 0.3 is 0 Å². The van der Waals surface area contributed by atoms with Crippen molar-refractivity contribution in [2.45, 2.75) is 25.3 Å². The Morgan fingerprint density at radius 2 is 1.96 bits per heavy atom. The van der Waals surface area contributed by atoms with Crippen LogP contribution in [0.1, 0.15) is 30.9 Å². The first-order chi connectivity index (χ1) is 13.6. The van der Waals surface area contributed by atoms with E-state index in [0.29, 0.717) is 18.8 Å². The first kappa shape index (κ1) is 18.5. The molecule has 2 unspecified atom stereocenters. The monoisotopic (exact) mass is 382 g/mol. The maximum absolute atomic E-state index is 13.2. The fourth-order valence-electron chi connectivity index (χ4n) is 4.20. The quantitative estimate of drug-likeness (QED) is 0.813. The van der Waals surface area contributed by atoms with Gasteiger partial charge in [0.1, 0.15) is 11.6 Å². The van der Waals surface area contributed by atoms with Gasteiger partial charge in [-0.1, -0.05) is 18.2 Å². The summed E-state index contributed by atoms with van der Waals surface area (Å²) in [6.45, 7) is 1.04. The van der Waals surface area contributed by atoms with Crippen LogP contribution in [0.5, 0.6) is 5.75 Å². The molecule has 4 rings (SSSR count). The lowest BCUT2D eigenvalue weighted by atomic mass is 10.0. The summed E-state index contributed by atoms with van der Waals surface area (Å²) in [4.78, 5) is 29.3. The molecule has 5 nitrogen and oxygen atoms in total. The molecule has 0 saturated carbocycles. The average molecular weight is 382 g/mol. The van der Waals surface area contributed by atoms with E-state index in [9.17, 15) is 14.0 Å². The molecule has 0 N–H and O–H groups in total. The molecule has 2 aromatic rings. The summed E-state index contributed by atoms with van der Waals surface area (Å²) >= 11 is 0. The molecular formula is C22H23FN2O3. The molecule has 28 heavy (non-hydrogen) atoms. The molecule has 2 saturated heterocycles. The van der Waals surface area contributed by atoms with Crippen molar-refractivity contribution in [3.05, 3.63) is 59.9 Å². The summed E-state index contributed by atoms with van der Waals surface area (Å²) in [6, 6.07) is 13.6. The van der Waals surface area contributed by atoms with E-state index in [-0.39, 0.29) is 36.0 Å². The largest absolute Gasteiger partial charge is 0.497 e. The number of ether oxygens (including phenoxy) is 1. The van der Waals surface area contributed by atoms with Crippen LogP contribution in [0, 0.1) is 11.7 Å². The minimum absolute atomic E-state index is 0.00516. The summed E-state index contributed by atoms with van der Waals surface area (Å²) in [5, 5.41) is 0. The Bertz CT molecular complexity index is 884. The fraction of sp³-hybridized carbons (Fsp3) is 0.364. The van der Waals surface area contributed by atoms with E-state index in [1.54, 1.807) is 24.1 Å². The minimum Gasteiger partial charge on any atom is -0.497 e. The smallest absolute Gasteiger partial charge is 0.228 e. The lowest BCUT2D eigenvalue weighted by Crippen LogP contribution is -2.37. The standard InChI is InChI=1S/C22H23FN2O3/c1-28-19-5-2-4-18(13-19)25-14-16(12-21(25)26)22(27)24-11-3-6-20(24)15-7-9-17(23)10-8-15/h2,4-5,7-10,13,16,20H,3,6,11-12,14H2,1H3. The van der Waals surface area contributed by atoms with Gasteiger partial charge in [0.15, 0.2) is 0 Å². The summed E-state index contributed by atoms with van der Waals surface area (Å²) in [7, 11) is 1.58. The van der Waals surface area contributed by atoms with Crippen molar-refractivity contribution in [1.29, 1.82) is 0 Å². The minimum atomic E-state index is -0.361. The van der Waals surface area contributed by atoms with E-state index in [4.69, 9.17) is 4.74 Å². The molecule has 2 amide bonds. The number of benzene rings is 2. The summed E-state index contributed by atoms with van der Waals surface area (Å²) in [5.74, 6) is -0.0135. The van der Waals surface area contributed by atoms with Crippen molar-refractivity contribution in [2.75, 3.05) is 25.1 Å². The second-order valence-electron chi connectivity index (χ2n) is 7.35. The van der Waals surface area contributed by atoms with Crippen LogP contribution in [0.4, 0.5) is 10.1 Å². The highest BCUT2D eigenvalue weighted by Gasteiger charge is 2.40. The number of carbonyl (C=O) groups is 2. The third-order valence-corrected chi connectivity index (χ3v) is 5.63. The van der Waals surface area contributed by atoms with Gasteiger partial charge in [0.25, 0.3) is 0 Å². The number of anilines is 1. The van der Waals surface area contributed by atoms with Crippen LogP contribution < -0.4 is 9.64 Å². The van der Waals surface area contributed by atoms with Crippen LogP contribution in [0.15, 0.2) is 48.5 Å². The number of likely N-dealkylation sites (tertiary alicyclic amines) is 1. The topological polar surface area (TPSA) is 49.9 Å². The molecule has 6 heteroatoms. The Labute approximate surface area is 163 Å². The average Bonchev–Trinajstić information content (AvgIpc) is 3.35. The van der Waals surface area contributed by atoms with Crippen LogP contribution in [0.3, 0.4) is 0 Å². The Hall–Kier alpha value is -2.89. The molecule has 2 heterocycles. The van der Waals surface area contributed by atoms with E-state index < -0.39 is 0 Å². The lowest BCUT2D eigenvalue weighted by Gasteiger charge is -2.27. The summed E-state index contributed by atoms with van der Waals surface area (Å²) in [6.07, 6.45) is 1.98. The van der Waals surface area contributed by atoms with E-state index in [1.807, 2.05) is 29.2 Å². The van der Waals surface area contributed by atoms with Crippen molar-refractivity contribution in [3.8, 4) is 5.75 Å². The molecule has 2 fully saturated rings. The van der Waals surface area contributed by atoms with Crippen molar-refractivity contribution in [2.24, 2.45) is 5.92 Å². The predicted octanol–water partition coefficient (Wildman–Crippen LogP) is 3.55. The Kier molecular flexibility index (Phi) is 5.03. The molecule has 2 aliphatic rings. The third-order valence-electron chi connectivity index (χ3n) is 5.63. The maximum Gasteiger partial charge on any atom is 0.228 e. The van der Waals surface area contributed by atoms with E-state index in [1.165, 1.54) is 12.1 Å². The lowest BCUT2D eigenvalue weighted by molar-refractivity contribution is -0.136. The van der Waals surface area contributed by atoms with Crippen LogP contribution in [-0.2, 0) is 9.59 Å². The number of carbonyl (C=O) groups excluding carboxylic acids is 2. The van der Waals surface area contributed by atoms with Gasteiger partial charge in [-0.2, -0.15) is 0 Å². The van der Waals surface area contributed by atoms with Gasteiger partial charge in [-0.25, -0.2) is 4.39 Å². The maximum atomic E-state index is 13.2. The van der Waals surface area contributed by atoms with Crippen molar-refractivity contribution in [3.63, 3.8) is 0 Å². The Morgan fingerprint density at radius 1 is 1.18 bits per heavy atom. The van der Waals surface area contributed by atoms with Gasteiger partial charge < -0.3 is 14.5 Å². The molecule has 0 spiro atoms. The summed E-state index contributed by atoms with van der Waals surface area (Å²) in [5.41, 5.74) is 1.69. The first-order valence-corrected chi connectivity index (χ1v) is 9.57. The molecular weight excluding hydrogens is 359 g/mol. The molecule has 2 atom stereocenters. The molecule has 0 bridgehead atoms. The van der Waals surface area contributed by atoms with Crippen molar-refractivity contribution in [1.82, 2.24) is 4.90 Å². The Balaban J connectivity index is 1.50.